The predicted octanol–water partition coefficient (Wildman–Crippen LogP) is 4.42. The maximum Gasteiger partial charge on any atom is 0.259 e. The molecule has 0 amide bonds. The van der Waals surface area contributed by atoms with Gasteiger partial charge in [-0.05, 0) is 49.2 Å². The SMILES string of the molecule is CN1C2CCC1c1c(n(C)c3nc(-n4ccc(OCc5ccccc5)cc4=O)ccc13)C2.Cl. The van der Waals surface area contributed by atoms with E-state index in [9.17, 15) is 4.79 Å². The van der Waals surface area contributed by atoms with E-state index in [0.717, 1.165) is 17.6 Å². The highest BCUT2D eigenvalue weighted by atomic mass is 35.5. The van der Waals surface area contributed by atoms with Crippen LogP contribution >= 0.6 is 12.4 Å². The smallest absolute Gasteiger partial charge is 0.259 e. The van der Waals surface area contributed by atoms with Crippen LogP contribution in [-0.4, -0.2) is 32.1 Å². The van der Waals surface area contributed by atoms with Crippen LogP contribution in [0.25, 0.3) is 16.9 Å². The molecule has 170 valence electrons. The van der Waals surface area contributed by atoms with Crippen molar-refractivity contribution in [2.24, 2.45) is 7.05 Å². The number of rotatable bonds is 4. The van der Waals surface area contributed by atoms with Gasteiger partial charge in [-0.1, -0.05) is 30.3 Å². The summed E-state index contributed by atoms with van der Waals surface area (Å²) >= 11 is 0. The third-order valence-electron chi connectivity index (χ3n) is 7.17. The molecule has 7 heteroatoms. The number of nitrogens with zero attached hydrogens (tertiary/aromatic N) is 4. The van der Waals surface area contributed by atoms with Crippen molar-refractivity contribution in [2.45, 2.75) is 38.0 Å². The Labute approximate surface area is 198 Å². The van der Waals surface area contributed by atoms with Gasteiger partial charge in [-0.15, -0.1) is 12.4 Å². The van der Waals surface area contributed by atoms with Gasteiger partial charge in [-0.25, -0.2) is 4.98 Å². The standard InChI is InChI=1S/C26H26N4O2.ClH/c1-28-18-8-10-21(28)25-20-9-11-23(27-26(20)29(2)22(25)14-18)30-13-12-19(15-24(30)31)32-16-17-6-4-3-5-7-17;/h3-7,9,11-13,15,18,21H,8,10,14,16H2,1-2H3;1H. The van der Waals surface area contributed by atoms with Crippen molar-refractivity contribution < 1.29 is 4.74 Å². The van der Waals surface area contributed by atoms with Gasteiger partial charge < -0.3 is 9.30 Å². The Morgan fingerprint density at radius 2 is 1.88 bits per heavy atom. The molecule has 2 unspecified atom stereocenters. The average molecular weight is 463 g/mol. The highest BCUT2D eigenvalue weighted by molar-refractivity contribution is 5.85. The van der Waals surface area contributed by atoms with Crippen molar-refractivity contribution in [1.29, 1.82) is 0 Å². The summed E-state index contributed by atoms with van der Waals surface area (Å²) in [5, 5.41) is 1.21. The summed E-state index contributed by atoms with van der Waals surface area (Å²) in [6.45, 7) is 0.431. The number of hydrogen-bond donors (Lipinski definition) is 0. The Morgan fingerprint density at radius 1 is 1.06 bits per heavy atom. The summed E-state index contributed by atoms with van der Waals surface area (Å²) in [6.07, 6.45) is 5.28. The molecule has 2 aliphatic rings. The molecule has 33 heavy (non-hydrogen) atoms. The molecule has 0 saturated carbocycles. The van der Waals surface area contributed by atoms with Crippen LogP contribution in [0.3, 0.4) is 0 Å². The number of halogens is 1. The van der Waals surface area contributed by atoms with Crippen LogP contribution in [0, 0.1) is 0 Å². The molecule has 2 aliphatic heterocycles. The molecule has 0 spiro atoms. The summed E-state index contributed by atoms with van der Waals surface area (Å²) in [5.74, 6) is 1.19. The van der Waals surface area contributed by atoms with Gasteiger partial charge in [-0.3, -0.25) is 14.3 Å². The first-order valence-electron chi connectivity index (χ1n) is 11.2. The normalized spacial score (nSPS) is 19.3. The molecule has 1 aromatic carbocycles. The van der Waals surface area contributed by atoms with Crippen molar-refractivity contribution in [3.63, 3.8) is 0 Å². The minimum absolute atomic E-state index is 0. The number of aromatic nitrogens is 3. The summed E-state index contributed by atoms with van der Waals surface area (Å²) in [6, 6.07) is 18.5. The lowest BCUT2D eigenvalue weighted by Crippen LogP contribution is -2.34. The van der Waals surface area contributed by atoms with E-state index in [1.165, 1.54) is 35.6 Å². The summed E-state index contributed by atoms with van der Waals surface area (Å²) in [5.41, 5.74) is 4.68. The Kier molecular flexibility index (Phi) is 5.51. The lowest BCUT2D eigenvalue weighted by Gasteiger charge is -2.32. The van der Waals surface area contributed by atoms with Crippen LogP contribution in [0.15, 0.2) is 65.6 Å². The van der Waals surface area contributed by atoms with E-state index in [4.69, 9.17) is 9.72 Å². The van der Waals surface area contributed by atoms with Crippen LogP contribution in [0.5, 0.6) is 5.75 Å². The van der Waals surface area contributed by atoms with Gasteiger partial charge in [0.15, 0.2) is 0 Å². The Balaban J connectivity index is 0.00000228. The van der Waals surface area contributed by atoms with E-state index in [-0.39, 0.29) is 18.0 Å². The van der Waals surface area contributed by atoms with Gasteiger partial charge in [0.05, 0.1) is 0 Å². The second-order valence-electron chi connectivity index (χ2n) is 8.92. The quantitative estimate of drug-likeness (QED) is 0.450. The molecule has 0 N–H and O–H groups in total. The Bertz CT molecular complexity index is 1380. The summed E-state index contributed by atoms with van der Waals surface area (Å²) in [7, 11) is 4.35. The Morgan fingerprint density at radius 3 is 2.67 bits per heavy atom. The van der Waals surface area contributed by atoms with Crippen molar-refractivity contribution in [2.75, 3.05) is 7.05 Å². The van der Waals surface area contributed by atoms with Crippen molar-refractivity contribution in [3.05, 3.63) is 88.0 Å². The van der Waals surface area contributed by atoms with Crippen LogP contribution < -0.4 is 10.3 Å². The van der Waals surface area contributed by atoms with Crippen LogP contribution in [0.1, 0.15) is 35.7 Å². The maximum atomic E-state index is 12.8. The average Bonchev–Trinajstić information content (AvgIpc) is 3.21. The number of pyridine rings is 2. The minimum atomic E-state index is -0.153. The molecule has 3 aromatic heterocycles. The number of hydrogen-bond acceptors (Lipinski definition) is 4. The highest BCUT2D eigenvalue weighted by Crippen LogP contribution is 2.46. The van der Waals surface area contributed by atoms with Crippen LogP contribution in [-0.2, 0) is 20.1 Å². The maximum absolute atomic E-state index is 12.8. The van der Waals surface area contributed by atoms with E-state index in [0.29, 0.717) is 30.3 Å². The van der Waals surface area contributed by atoms with Crippen molar-refractivity contribution in [1.82, 2.24) is 19.0 Å². The predicted molar refractivity (Wildman–Crippen MR) is 132 cm³/mol. The first-order valence-corrected chi connectivity index (χ1v) is 11.2. The second-order valence-corrected chi connectivity index (χ2v) is 8.92. The molecule has 0 aliphatic carbocycles. The summed E-state index contributed by atoms with van der Waals surface area (Å²) in [4.78, 5) is 20.3. The molecule has 2 atom stereocenters. The molecule has 0 radical (unpaired) electrons. The summed E-state index contributed by atoms with van der Waals surface area (Å²) < 4.78 is 9.62. The number of fused-ring (bicyclic) bond motifs is 6. The number of benzene rings is 1. The molecule has 6 rings (SSSR count). The molecule has 5 heterocycles. The zero-order valence-electron chi connectivity index (χ0n) is 18.8. The van der Waals surface area contributed by atoms with Crippen molar-refractivity contribution >= 4 is 23.4 Å². The van der Waals surface area contributed by atoms with E-state index >= 15 is 0 Å². The van der Waals surface area contributed by atoms with Crippen molar-refractivity contribution in [3.8, 4) is 11.6 Å². The van der Waals surface area contributed by atoms with Gasteiger partial charge in [0.25, 0.3) is 5.56 Å². The fraction of sp³-hybridized carbons (Fsp3) is 0.308. The number of ether oxygens (including phenoxy) is 1. The topological polar surface area (TPSA) is 52.3 Å². The third-order valence-corrected chi connectivity index (χ3v) is 7.17. The third kappa shape index (κ3) is 3.54. The Hall–Kier alpha value is -3.09. The van der Waals surface area contributed by atoms with E-state index in [2.05, 4.69) is 29.6 Å². The van der Waals surface area contributed by atoms with Gasteiger partial charge in [0.1, 0.15) is 23.8 Å². The monoisotopic (exact) mass is 462 g/mol. The van der Waals surface area contributed by atoms with Crippen LogP contribution in [0.2, 0.25) is 0 Å². The molecule has 2 bridgehead atoms. The van der Waals surface area contributed by atoms with Gasteiger partial charge in [-0.2, -0.15) is 0 Å². The molecule has 1 fully saturated rings. The lowest BCUT2D eigenvalue weighted by molar-refractivity contribution is 0.222. The molecule has 4 aromatic rings. The lowest BCUT2D eigenvalue weighted by atomic mass is 9.98. The number of likely N-dealkylation sites (N-methyl/N-ethyl adjacent to an activating group) is 1. The zero-order valence-corrected chi connectivity index (χ0v) is 19.6. The van der Waals surface area contributed by atoms with E-state index < -0.39 is 0 Å². The van der Waals surface area contributed by atoms with Gasteiger partial charge in [0.2, 0.25) is 0 Å². The molecular formula is C26H27ClN4O2. The highest BCUT2D eigenvalue weighted by Gasteiger charge is 2.40. The largest absolute Gasteiger partial charge is 0.489 e. The molecule has 6 nitrogen and oxygen atoms in total. The molecule has 1 saturated heterocycles. The minimum Gasteiger partial charge on any atom is -0.489 e. The fourth-order valence-electron chi connectivity index (χ4n) is 5.43. The van der Waals surface area contributed by atoms with Gasteiger partial charge in [0, 0.05) is 48.9 Å². The van der Waals surface area contributed by atoms with E-state index in [1.807, 2.05) is 42.5 Å². The number of aryl methyl sites for hydroxylation is 1. The second kappa shape index (κ2) is 8.36. The fourth-order valence-corrected chi connectivity index (χ4v) is 5.43. The first-order chi connectivity index (χ1) is 15.6. The van der Waals surface area contributed by atoms with E-state index in [1.54, 1.807) is 10.8 Å². The van der Waals surface area contributed by atoms with Crippen LogP contribution in [0.4, 0.5) is 0 Å². The molecular weight excluding hydrogens is 436 g/mol. The first kappa shape index (κ1) is 21.7. The zero-order chi connectivity index (χ0) is 21.8. The van der Waals surface area contributed by atoms with Gasteiger partial charge >= 0.3 is 0 Å².